The first-order valence-corrected chi connectivity index (χ1v) is 23.9. The van der Waals surface area contributed by atoms with E-state index < -0.39 is 30.0 Å². The molecule has 2 fully saturated rings. The first kappa shape index (κ1) is 49.3. The Hall–Kier alpha value is -5.13. The third kappa shape index (κ3) is 12.0. The Morgan fingerprint density at radius 2 is 1.68 bits per heavy atom. The van der Waals surface area contributed by atoms with Crippen molar-refractivity contribution in [3.63, 3.8) is 0 Å². The summed E-state index contributed by atoms with van der Waals surface area (Å²) < 4.78 is 12.0. The van der Waals surface area contributed by atoms with Gasteiger partial charge in [-0.1, -0.05) is 108 Å². The predicted molar refractivity (Wildman–Crippen MR) is 252 cm³/mol. The van der Waals surface area contributed by atoms with Gasteiger partial charge in [0, 0.05) is 55.0 Å². The Morgan fingerprint density at radius 1 is 0.985 bits per heavy atom. The SMILES string of the molecule is CC[C@H](NC(=O)COCCCCCCc1ccc(C(=O)CC2C(C)(C)C(Oc3ccc(C#N)c(Cl)c3)C2(C)C)cc1)C(=O)N1C[C@H](O)C[C@H]1C(=O)NCc1ccc(-c2scnc2C)cc1. The highest BCUT2D eigenvalue weighted by atomic mass is 35.5. The Bertz CT molecular complexity index is 2330. The number of halogens is 1. The summed E-state index contributed by atoms with van der Waals surface area (Å²) >= 11 is 7.82. The number of nitrogens with zero attached hydrogens (tertiary/aromatic N) is 3. The molecule has 1 saturated carbocycles. The molecule has 14 heteroatoms. The van der Waals surface area contributed by atoms with E-state index >= 15 is 0 Å². The van der Waals surface area contributed by atoms with Gasteiger partial charge in [-0.05, 0) is 67.3 Å². The van der Waals surface area contributed by atoms with E-state index in [4.69, 9.17) is 21.1 Å². The fourth-order valence-electron chi connectivity index (χ4n) is 9.77. The van der Waals surface area contributed by atoms with Gasteiger partial charge in [-0.3, -0.25) is 19.2 Å². The zero-order chi connectivity index (χ0) is 46.9. The lowest BCUT2D eigenvalue weighted by Crippen LogP contribution is -2.66. The number of amides is 3. The standard InChI is InChI=1S/C51H62ClN5O7S/c1-7-41(48(62)57-29-38(58)24-42(57)47(61)54-28-34-15-19-36(20-16-34)46-32(2)55-31-65-46)56-45(60)30-63-23-11-9-8-10-12-33-13-17-35(18-14-33)43(59)26-44-50(3,4)49(51(44,5)6)64-39-22-21-37(27-53)40(52)25-39/h13-22,25,31,38,41-42,44,49,58H,7-12,23-24,26,28-30H2,1-6H3,(H,54,61)(H,56,60)/t38-,41+,42+,44?,49?/m1/s1. The Kier molecular flexibility index (Phi) is 16.6. The lowest BCUT2D eigenvalue weighted by molar-refractivity contribution is -0.196. The molecule has 1 aromatic heterocycles. The topological polar surface area (TPSA) is 171 Å². The number of aromatic nitrogens is 1. The van der Waals surface area contributed by atoms with E-state index in [1.54, 1.807) is 36.5 Å². The van der Waals surface area contributed by atoms with E-state index in [1.165, 1.54) is 10.5 Å². The minimum Gasteiger partial charge on any atom is -0.489 e. The number of Topliss-reactive ketones (excluding diaryl/α,β-unsaturated/α-hetero) is 1. The molecule has 1 aliphatic heterocycles. The molecule has 3 aromatic carbocycles. The second-order valence-corrected chi connectivity index (χ2v) is 19.9. The number of likely N-dealkylation sites (tertiary alicyclic amines) is 1. The van der Waals surface area contributed by atoms with Gasteiger partial charge in [-0.15, -0.1) is 11.3 Å². The minimum absolute atomic E-state index is 0.0175. The maximum absolute atomic E-state index is 13.6. The number of carbonyl (C=O) groups excluding carboxylic acids is 4. The van der Waals surface area contributed by atoms with Gasteiger partial charge in [0.15, 0.2) is 5.78 Å². The van der Waals surface area contributed by atoms with E-state index in [2.05, 4.69) is 49.4 Å². The number of thiazole rings is 1. The van der Waals surface area contributed by atoms with Gasteiger partial charge in [0.1, 0.15) is 36.6 Å². The number of rotatable bonds is 21. The number of ether oxygens (including phenoxy) is 2. The van der Waals surface area contributed by atoms with E-state index in [0.29, 0.717) is 41.3 Å². The van der Waals surface area contributed by atoms with Crippen LogP contribution in [0.15, 0.2) is 72.2 Å². The van der Waals surface area contributed by atoms with Crippen molar-refractivity contribution in [2.75, 3.05) is 19.8 Å². The van der Waals surface area contributed by atoms with E-state index in [1.807, 2.05) is 61.0 Å². The molecule has 2 aliphatic rings. The average Bonchev–Trinajstić information content (AvgIpc) is 3.91. The van der Waals surface area contributed by atoms with Gasteiger partial charge in [0.2, 0.25) is 17.7 Å². The van der Waals surface area contributed by atoms with Crippen LogP contribution >= 0.6 is 22.9 Å². The number of aliphatic hydroxyl groups is 1. The molecule has 1 saturated heterocycles. The maximum Gasteiger partial charge on any atom is 0.246 e. The number of benzene rings is 3. The van der Waals surface area contributed by atoms with Crippen molar-refractivity contribution < 1.29 is 33.8 Å². The number of β-amino-alcohol motifs (C(OH)–C–C–N with tert-alkyl or cyclic N) is 1. The molecule has 65 heavy (non-hydrogen) atoms. The van der Waals surface area contributed by atoms with Crippen LogP contribution in [0.25, 0.3) is 10.4 Å². The van der Waals surface area contributed by atoms with E-state index in [0.717, 1.165) is 53.8 Å². The molecule has 0 unspecified atom stereocenters. The van der Waals surface area contributed by atoms with Crippen LogP contribution in [0.1, 0.15) is 112 Å². The molecule has 3 amide bonds. The number of nitrogens with one attached hydrogen (secondary N) is 2. The number of aliphatic hydroxyl groups excluding tert-OH is 1. The summed E-state index contributed by atoms with van der Waals surface area (Å²) in [6.07, 6.45) is 4.49. The predicted octanol–water partition coefficient (Wildman–Crippen LogP) is 8.64. The molecule has 0 spiro atoms. The number of unbranched alkanes of at least 4 members (excludes halogenated alkanes) is 3. The van der Waals surface area contributed by atoms with Crippen LogP contribution in [-0.4, -0.2) is 82.5 Å². The van der Waals surface area contributed by atoms with Crippen LogP contribution in [0.5, 0.6) is 5.75 Å². The van der Waals surface area contributed by atoms with Crippen molar-refractivity contribution in [2.24, 2.45) is 16.7 Å². The fraction of sp³-hybridized carbons (Fsp3) is 0.490. The van der Waals surface area contributed by atoms with Crippen molar-refractivity contribution in [1.82, 2.24) is 20.5 Å². The molecule has 1 aliphatic carbocycles. The molecule has 4 aromatic rings. The van der Waals surface area contributed by atoms with Crippen molar-refractivity contribution in [3.8, 4) is 22.3 Å². The number of aryl methyl sites for hydroxylation is 2. The van der Waals surface area contributed by atoms with Gasteiger partial charge in [0.25, 0.3) is 0 Å². The number of nitriles is 1. The second kappa shape index (κ2) is 21.9. The zero-order valence-electron chi connectivity index (χ0n) is 38.3. The van der Waals surface area contributed by atoms with E-state index in [-0.39, 0.29) is 60.7 Å². The fourth-order valence-corrected chi connectivity index (χ4v) is 10.8. The van der Waals surface area contributed by atoms with Crippen LogP contribution in [0.2, 0.25) is 5.02 Å². The summed E-state index contributed by atoms with van der Waals surface area (Å²) in [5, 5.41) is 25.7. The maximum atomic E-state index is 13.6. The average molecular weight is 925 g/mol. The third-order valence-corrected chi connectivity index (χ3v) is 14.5. The number of hydrogen-bond acceptors (Lipinski definition) is 10. The highest BCUT2D eigenvalue weighted by molar-refractivity contribution is 7.13. The minimum atomic E-state index is -0.848. The van der Waals surface area contributed by atoms with Crippen LogP contribution in [-0.2, 0) is 32.1 Å². The summed E-state index contributed by atoms with van der Waals surface area (Å²) in [6.45, 7) is 12.8. The smallest absolute Gasteiger partial charge is 0.246 e. The number of carbonyl (C=O) groups is 4. The van der Waals surface area contributed by atoms with Crippen LogP contribution in [0.4, 0.5) is 0 Å². The molecule has 0 bridgehead atoms. The second-order valence-electron chi connectivity index (χ2n) is 18.6. The highest BCUT2D eigenvalue weighted by Gasteiger charge is 2.63. The molecular weight excluding hydrogens is 862 g/mol. The zero-order valence-corrected chi connectivity index (χ0v) is 39.9. The molecule has 3 N–H and O–H groups in total. The largest absolute Gasteiger partial charge is 0.489 e. The summed E-state index contributed by atoms with van der Waals surface area (Å²) in [5.41, 5.74) is 6.53. The summed E-state index contributed by atoms with van der Waals surface area (Å²) in [7, 11) is 0. The van der Waals surface area contributed by atoms with Crippen molar-refractivity contribution in [3.05, 3.63) is 105 Å². The Morgan fingerprint density at radius 3 is 2.32 bits per heavy atom. The van der Waals surface area contributed by atoms with Crippen molar-refractivity contribution in [2.45, 2.75) is 124 Å². The molecule has 6 rings (SSSR count). The Balaban J connectivity index is 0.851. The lowest BCUT2D eigenvalue weighted by atomic mass is 9.44. The van der Waals surface area contributed by atoms with Crippen LogP contribution < -0.4 is 15.4 Å². The number of hydrogen-bond donors (Lipinski definition) is 3. The van der Waals surface area contributed by atoms with Crippen LogP contribution in [0.3, 0.4) is 0 Å². The van der Waals surface area contributed by atoms with Gasteiger partial charge < -0.3 is 30.1 Å². The quantitative estimate of drug-likeness (QED) is 0.0547. The summed E-state index contributed by atoms with van der Waals surface area (Å²) in [6, 6.07) is 21.3. The molecule has 0 radical (unpaired) electrons. The van der Waals surface area contributed by atoms with Crippen molar-refractivity contribution >= 4 is 46.4 Å². The van der Waals surface area contributed by atoms with Gasteiger partial charge in [-0.2, -0.15) is 5.26 Å². The molecule has 346 valence electrons. The van der Waals surface area contributed by atoms with Gasteiger partial charge in [0.05, 0.1) is 32.8 Å². The number of ketones is 1. The van der Waals surface area contributed by atoms with Crippen LogP contribution in [0, 0.1) is 35.0 Å². The monoisotopic (exact) mass is 923 g/mol. The lowest BCUT2D eigenvalue weighted by Gasteiger charge is -2.63. The molecular formula is C51H62ClN5O7S. The highest BCUT2D eigenvalue weighted by Crippen LogP contribution is 2.61. The summed E-state index contributed by atoms with van der Waals surface area (Å²) in [4.78, 5) is 59.9. The Labute approximate surface area is 392 Å². The van der Waals surface area contributed by atoms with E-state index in [9.17, 15) is 29.5 Å². The summed E-state index contributed by atoms with van der Waals surface area (Å²) in [5.74, 6) is -0.320. The first-order valence-electron chi connectivity index (χ1n) is 22.6. The molecule has 3 atom stereocenters. The molecule has 12 nitrogen and oxygen atoms in total. The molecule has 2 heterocycles. The first-order chi connectivity index (χ1) is 31.0. The van der Waals surface area contributed by atoms with Gasteiger partial charge in [-0.25, -0.2) is 4.98 Å². The van der Waals surface area contributed by atoms with Crippen molar-refractivity contribution in [1.29, 1.82) is 5.26 Å². The normalized spacial score (nSPS) is 20.0. The van der Waals surface area contributed by atoms with Gasteiger partial charge >= 0.3 is 0 Å². The third-order valence-electron chi connectivity index (χ3n) is 13.2.